The molecule has 0 amide bonds. The first-order valence-corrected chi connectivity index (χ1v) is 39.4. The van der Waals surface area contributed by atoms with Crippen LogP contribution < -0.4 is 5.11 Å². The van der Waals surface area contributed by atoms with Gasteiger partial charge in [-0.05, 0) is 96.3 Å². The molecule has 538 valence electrons. The predicted octanol–water partition coefficient (Wildman–Crippen LogP) is 23.8. The van der Waals surface area contributed by atoms with Gasteiger partial charge in [0.2, 0.25) is 0 Å². The maximum atomic E-state index is 13.0. The quantitative estimate of drug-likeness (QED) is 0.0195. The van der Waals surface area contributed by atoms with Crippen LogP contribution in [0.1, 0.15) is 361 Å². The molecule has 0 aliphatic rings. The molecular weight excluding hydrogens is 1150 g/mol. The summed E-state index contributed by atoms with van der Waals surface area (Å²) in [6.45, 7) is 4.68. The van der Waals surface area contributed by atoms with Gasteiger partial charge in [0.25, 0.3) is 0 Å². The van der Waals surface area contributed by atoms with Crippen molar-refractivity contribution in [2.24, 2.45) is 0 Å². The Morgan fingerprint density at radius 3 is 0.925 bits per heavy atom. The van der Waals surface area contributed by atoms with Gasteiger partial charge in [-0.15, -0.1) is 0 Å². The fourth-order valence-corrected chi connectivity index (χ4v) is 11.3. The highest BCUT2D eigenvalue weighted by molar-refractivity contribution is 5.70. The molecule has 0 fully saturated rings. The Bertz CT molecular complexity index is 1850. The number of esters is 2. The summed E-state index contributed by atoms with van der Waals surface area (Å²) in [6.07, 6.45) is 99.5. The van der Waals surface area contributed by atoms with Crippen molar-refractivity contribution in [1.82, 2.24) is 0 Å². The van der Waals surface area contributed by atoms with Gasteiger partial charge in [-0.3, -0.25) is 9.59 Å². The molecule has 2 unspecified atom stereocenters. The van der Waals surface area contributed by atoms with Crippen LogP contribution in [0.5, 0.6) is 0 Å². The van der Waals surface area contributed by atoms with Crippen LogP contribution in [0.2, 0.25) is 0 Å². The fourth-order valence-electron chi connectivity index (χ4n) is 11.3. The van der Waals surface area contributed by atoms with Crippen LogP contribution in [-0.4, -0.2) is 82.3 Å². The van der Waals surface area contributed by atoms with Crippen molar-refractivity contribution < 1.29 is 42.9 Å². The third-order valence-electron chi connectivity index (χ3n) is 17.3. The Labute approximate surface area is 575 Å². The largest absolute Gasteiger partial charge is 0.545 e. The molecule has 0 heterocycles. The van der Waals surface area contributed by atoms with E-state index >= 15 is 0 Å². The summed E-state index contributed by atoms with van der Waals surface area (Å²) in [5.41, 5.74) is 0. The maximum Gasteiger partial charge on any atom is 0.306 e. The number of rotatable bonds is 73. The molecule has 2 atom stereocenters. The highest BCUT2D eigenvalue weighted by Gasteiger charge is 2.22. The van der Waals surface area contributed by atoms with E-state index in [9.17, 15) is 19.5 Å². The number of allylic oxidation sites excluding steroid dienone is 16. The molecule has 0 rings (SSSR count). The standard InChI is InChI=1S/C84H149NO8/c1-6-8-10-12-14-16-18-20-22-24-26-28-30-32-34-36-37-38-39-40-41-42-43-44-45-47-49-51-53-55-57-59-61-63-65-67-69-71-73-75-82(87)93-80(79-92-84(83(88)89)90-77-76-85(3,4)5)78-91-81(86)74-72-70-68-66-64-62-60-58-56-54-52-50-48-46-35-33-31-29-27-25-23-21-19-17-15-13-11-9-7-2/h8,10,14,16,20,22,25-28,32,34,37-38,40-41,80,84H,6-7,9,11-13,15,17-19,21,23-24,29-31,33,35-36,39,42-79H2,1-5H3/b10-8-,16-14-,22-20-,27-25-,28-26-,34-32-,38-37-,41-40-. The third-order valence-corrected chi connectivity index (χ3v) is 17.3. The van der Waals surface area contributed by atoms with Gasteiger partial charge in [-0.1, -0.05) is 349 Å². The molecule has 9 heteroatoms. The number of hydrogen-bond acceptors (Lipinski definition) is 8. The lowest BCUT2D eigenvalue weighted by Crippen LogP contribution is -2.44. The van der Waals surface area contributed by atoms with Crippen LogP contribution in [0.25, 0.3) is 0 Å². The zero-order chi connectivity index (χ0) is 67.5. The Morgan fingerprint density at radius 2 is 0.613 bits per heavy atom. The molecule has 0 radical (unpaired) electrons. The van der Waals surface area contributed by atoms with E-state index in [-0.39, 0.29) is 32.2 Å². The molecule has 0 aromatic rings. The monoisotopic (exact) mass is 1300 g/mol. The number of aliphatic carboxylic acids is 1. The van der Waals surface area contributed by atoms with E-state index in [0.29, 0.717) is 23.9 Å². The fraction of sp³-hybridized carbons (Fsp3) is 0.774. The number of likely N-dealkylation sites (N-methyl/N-ethyl adjacent to an activating group) is 1. The lowest BCUT2D eigenvalue weighted by Gasteiger charge is -2.26. The summed E-state index contributed by atoms with van der Waals surface area (Å²) < 4.78 is 22.9. The van der Waals surface area contributed by atoms with Gasteiger partial charge in [0.1, 0.15) is 13.2 Å². The van der Waals surface area contributed by atoms with Crippen molar-refractivity contribution in [3.8, 4) is 0 Å². The molecule has 0 aliphatic carbocycles. The normalized spacial score (nSPS) is 13.2. The summed E-state index contributed by atoms with van der Waals surface area (Å²) >= 11 is 0. The van der Waals surface area contributed by atoms with Crippen molar-refractivity contribution in [3.63, 3.8) is 0 Å². The number of quaternary nitrogens is 1. The summed E-state index contributed by atoms with van der Waals surface area (Å²) in [6, 6.07) is 0. The summed E-state index contributed by atoms with van der Waals surface area (Å²) in [5, 5.41) is 11.9. The lowest BCUT2D eigenvalue weighted by molar-refractivity contribution is -0.870. The molecule has 0 bridgehead atoms. The first-order valence-electron chi connectivity index (χ1n) is 39.4. The van der Waals surface area contributed by atoms with Gasteiger partial charge in [-0.2, -0.15) is 0 Å². The zero-order valence-electron chi connectivity index (χ0n) is 61.6. The third kappa shape index (κ3) is 75.5. The van der Waals surface area contributed by atoms with E-state index in [4.69, 9.17) is 18.9 Å². The first kappa shape index (κ1) is 89.2. The van der Waals surface area contributed by atoms with E-state index < -0.39 is 24.3 Å². The Kier molecular flexibility index (Phi) is 71.0. The SMILES string of the molecule is CC/C=C\C/C=C\C/C=C\C/C=C\C/C=C\C/C=C\C/C=C\CCCCCCCCCCCCCCCCCCCC(=O)OC(COC(=O)CCCCCCCCCCCCCCCCCCC/C=C\CCCCCCCCCC)COC(OCC[N+](C)(C)C)C(=O)[O-]. The minimum atomic E-state index is -1.62. The van der Waals surface area contributed by atoms with E-state index in [1.807, 2.05) is 21.1 Å². The van der Waals surface area contributed by atoms with Crippen molar-refractivity contribution in [2.45, 2.75) is 373 Å². The molecule has 0 aromatic carbocycles. The van der Waals surface area contributed by atoms with Crippen LogP contribution in [0.15, 0.2) is 97.2 Å². The number of carbonyl (C=O) groups is 3. The first-order chi connectivity index (χ1) is 45.6. The van der Waals surface area contributed by atoms with Gasteiger partial charge in [0.15, 0.2) is 12.4 Å². The van der Waals surface area contributed by atoms with Crippen molar-refractivity contribution in [3.05, 3.63) is 97.2 Å². The summed E-state index contributed by atoms with van der Waals surface area (Å²) in [5.74, 6) is -2.26. The Morgan fingerprint density at radius 1 is 0.333 bits per heavy atom. The molecular formula is C84H149NO8. The van der Waals surface area contributed by atoms with Crippen LogP contribution in [0.3, 0.4) is 0 Å². The average molecular weight is 1300 g/mol. The number of ether oxygens (including phenoxy) is 4. The van der Waals surface area contributed by atoms with Crippen molar-refractivity contribution in [1.29, 1.82) is 0 Å². The highest BCUT2D eigenvalue weighted by atomic mass is 16.7. The minimum absolute atomic E-state index is 0.147. The lowest BCUT2D eigenvalue weighted by atomic mass is 10.0. The number of hydrogen-bond donors (Lipinski definition) is 0. The summed E-state index contributed by atoms with van der Waals surface area (Å²) in [4.78, 5) is 37.6. The van der Waals surface area contributed by atoms with Crippen LogP contribution in [0.4, 0.5) is 0 Å². The number of carboxylic acid groups (broad SMARTS) is 1. The Balaban J connectivity index is 4.02. The van der Waals surface area contributed by atoms with Gasteiger partial charge in [-0.25, -0.2) is 0 Å². The molecule has 0 N–H and O–H groups in total. The molecule has 0 spiro atoms. The zero-order valence-corrected chi connectivity index (χ0v) is 61.6. The molecule has 0 aromatic heterocycles. The van der Waals surface area contributed by atoms with Gasteiger partial charge < -0.3 is 33.3 Å². The molecule has 0 aliphatic heterocycles. The number of carbonyl (C=O) groups excluding carboxylic acids is 3. The second-order valence-electron chi connectivity index (χ2n) is 27.6. The number of unbranched alkanes of at least 4 members (excludes halogenated alkanes) is 42. The summed E-state index contributed by atoms with van der Waals surface area (Å²) in [7, 11) is 5.94. The average Bonchev–Trinajstić information content (AvgIpc) is 3.38. The molecule has 0 saturated heterocycles. The second kappa shape index (κ2) is 74.0. The van der Waals surface area contributed by atoms with Crippen LogP contribution >= 0.6 is 0 Å². The smallest absolute Gasteiger partial charge is 0.306 e. The van der Waals surface area contributed by atoms with Gasteiger partial charge in [0, 0.05) is 12.8 Å². The molecule has 93 heavy (non-hydrogen) atoms. The van der Waals surface area contributed by atoms with E-state index in [2.05, 4.69) is 111 Å². The van der Waals surface area contributed by atoms with Gasteiger partial charge >= 0.3 is 11.9 Å². The van der Waals surface area contributed by atoms with Crippen molar-refractivity contribution in [2.75, 3.05) is 47.5 Å². The second-order valence-corrected chi connectivity index (χ2v) is 27.6. The Hall–Kier alpha value is -3.79. The van der Waals surface area contributed by atoms with Gasteiger partial charge in [0.05, 0.1) is 40.3 Å². The minimum Gasteiger partial charge on any atom is -0.545 e. The maximum absolute atomic E-state index is 13.0. The van der Waals surface area contributed by atoms with E-state index in [0.717, 1.165) is 77.0 Å². The van der Waals surface area contributed by atoms with Crippen molar-refractivity contribution >= 4 is 17.9 Å². The predicted molar refractivity (Wildman–Crippen MR) is 398 cm³/mol. The van der Waals surface area contributed by atoms with Crippen LogP contribution in [-0.2, 0) is 33.3 Å². The van der Waals surface area contributed by atoms with Crippen LogP contribution in [0, 0.1) is 0 Å². The molecule has 9 nitrogen and oxygen atoms in total. The number of carboxylic acids is 1. The molecule has 0 saturated carbocycles. The van der Waals surface area contributed by atoms with E-state index in [1.165, 1.54) is 250 Å². The topological polar surface area (TPSA) is 111 Å². The number of nitrogens with zero attached hydrogens (tertiary/aromatic N) is 1. The van der Waals surface area contributed by atoms with E-state index in [1.54, 1.807) is 0 Å². The highest BCUT2D eigenvalue weighted by Crippen LogP contribution is 2.19.